The van der Waals surface area contributed by atoms with E-state index in [-0.39, 0.29) is 17.3 Å². The third kappa shape index (κ3) is 2.81. The molecule has 2 aromatic rings. The van der Waals surface area contributed by atoms with Crippen LogP contribution in [0, 0.1) is 0 Å². The molecular weight excluding hydrogens is 294 g/mol. The standard InChI is InChI=1S/C14H14ClN3O3/c1-20-12-9(7-16)18-13(15)11(14(19)21-2)10(12)8-3-5-17-6-4-8/h3-6H,7,16H2,1-2H3. The molecule has 0 aliphatic rings. The van der Waals surface area contributed by atoms with Crippen LogP contribution >= 0.6 is 11.6 Å². The summed E-state index contributed by atoms with van der Waals surface area (Å²) in [5.41, 5.74) is 7.47. The van der Waals surface area contributed by atoms with E-state index in [1.54, 1.807) is 24.5 Å². The van der Waals surface area contributed by atoms with Crippen LogP contribution in [0.15, 0.2) is 24.5 Å². The van der Waals surface area contributed by atoms with Gasteiger partial charge >= 0.3 is 5.97 Å². The van der Waals surface area contributed by atoms with Crippen molar-refractivity contribution in [2.24, 2.45) is 5.73 Å². The van der Waals surface area contributed by atoms with Gasteiger partial charge in [-0.25, -0.2) is 9.78 Å². The molecule has 2 heterocycles. The largest absolute Gasteiger partial charge is 0.494 e. The lowest BCUT2D eigenvalue weighted by Gasteiger charge is -2.16. The lowest BCUT2D eigenvalue weighted by Crippen LogP contribution is -2.12. The van der Waals surface area contributed by atoms with Gasteiger partial charge in [0.1, 0.15) is 16.5 Å². The van der Waals surface area contributed by atoms with Crippen LogP contribution in [-0.4, -0.2) is 30.2 Å². The van der Waals surface area contributed by atoms with Crippen molar-refractivity contribution in [1.29, 1.82) is 0 Å². The average Bonchev–Trinajstić information content (AvgIpc) is 2.53. The highest BCUT2D eigenvalue weighted by Gasteiger charge is 2.25. The van der Waals surface area contributed by atoms with Gasteiger partial charge in [-0.05, 0) is 17.7 Å². The molecule has 2 aromatic heterocycles. The minimum absolute atomic E-state index is 0.0231. The number of pyridine rings is 2. The molecule has 0 aromatic carbocycles. The average molecular weight is 308 g/mol. The monoisotopic (exact) mass is 307 g/mol. The zero-order valence-electron chi connectivity index (χ0n) is 11.6. The van der Waals surface area contributed by atoms with Gasteiger partial charge in [-0.1, -0.05) is 11.6 Å². The van der Waals surface area contributed by atoms with Crippen molar-refractivity contribution in [1.82, 2.24) is 9.97 Å². The zero-order chi connectivity index (χ0) is 15.4. The molecule has 2 rings (SSSR count). The molecule has 0 aliphatic carbocycles. The third-order valence-electron chi connectivity index (χ3n) is 2.93. The smallest absolute Gasteiger partial charge is 0.341 e. The second kappa shape index (κ2) is 6.51. The first-order valence-corrected chi connectivity index (χ1v) is 6.47. The van der Waals surface area contributed by atoms with E-state index in [1.807, 2.05) is 0 Å². The Morgan fingerprint density at radius 2 is 2.00 bits per heavy atom. The summed E-state index contributed by atoms with van der Waals surface area (Å²) in [6.07, 6.45) is 3.21. The maximum atomic E-state index is 12.0. The Morgan fingerprint density at radius 1 is 1.33 bits per heavy atom. The van der Waals surface area contributed by atoms with Crippen molar-refractivity contribution in [2.45, 2.75) is 6.54 Å². The SMILES string of the molecule is COC(=O)c1c(Cl)nc(CN)c(OC)c1-c1ccncc1. The Labute approximate surface area is 126 Å². The number of ether oxygens (including phenoxy) is 2. The van der Waals surface area contributed by atoms with Crippen molar-refractivity contribution < 1.29 is 14.3 Å². The molecule has 7 heteroatoms. The molecule has 0 radical (unpaired) electrons. The van der Waals surface area contributed by atoms with Gasteiger partial charge in [0.15, 0.2) is 0 Å². The number of carbonyl (C=O) groups is 1. The third-order valence-corrected chi connectivity index (χ3v) is 3.21. The number of nitrogens with zero attached hydrogens (tertiary/aromatic N) is 2. The van der Waals surface area contributed by atoms with E-state index < -0.39 is 5.97 Å². The number of nitrogens with two attached hydrogens (primary N) is 1. The molecule has 0 aliphatic heterocycles. The molecule has 0 fully saturated rings. The number of esters is 1. The van der Waals surface area contributed by atoms with Crippen LogP contribution in [0.1, 0.15) is 16.1 Å². The van der Waals surface area contributed by atoms with E-state index in [0.717, 1.165) is 0 Å². The van der Waals surface area contributed by atoms with E-state index in [1.165, 1.54) is 14.2 Å². The van der Waals surface area contributed by atoms with Gasteiger partial charge in [0, 0.05) is 24.5 Å². The minimum atomic E-state index is -0.596. The fourth-order valence-corrected chi connectivity index (χ4v) is 2.30. The van der Waals surface area contributed by atoms with Crippen molar-refractivity contribution in [3.05, 3.63) is 40.9 Å². The Morgan fingerprint density at radius 3 is 2.52 bits per heavy atom. The molecule has 21 heavy (non-hydrogen) atoms. The molecule has 110 valence electrons. The first-order chi connectivity index (χ1) is 10.1. The van der Waals surface area contributed by atoms with Crippen LogP contribution < -0.4 is 10.5 Å². The van der Waals surface area contributed by atoms with Gasteiger partial charge in [0.05, 0.1) is 19.9 Å². The van der Waals surface area contributed by atoms with E-state index in [0.29, 0.717) is 22.6 Å². The van der Waals surface area contributed by atoms with Crippen molar-refractivity contribution in [3.8, 4) is 16.9 Å². The highest BCUT2D eigenvalue weighted by atomic mass is 35.5. The van der Waals surface area contributed by atoms with Gasteiger partial charge < -0.3 is 15.2 Å². The Hall–Kier alpha value is -2.18. The second-order valence-electron chi connectivity index (χ2n) is 4.06. The number of methoxy groups -OCH3 is 2. The van der Waals surface area contributed by atoms with Crippen LogP contribution in [0.2, 0.25) is 5.15 Å². The molecule has 6 nitrogen and oxygen atoms in total. The molecule has 0 unspecified atom stereocenters. The van der Waals surface area contributed by atoms with E-state index >= 15 is 0 Å². The quantitative estimate of drug-likeness (QED) is 0.687. The summed E-state index contributed by atoms with van der Waals surface area (Å²) in [6.45, 7) is 0.127. The number of aromatic nitrogens is 2. The summed E-state index contributed by atoms with van der Waals surface area (Å²) in [5, 5.41) is 0.0231. The van der Waals surface area contributed by atoms with Crippen LogP contribution in [0.25, 0.3) is 11.1 Å². The lowest BCUT2D eigenvalue weighted by atomic mass is 10.00. The summed E-state index contributed by atoms with van der Waals surface area (Å²) >= 11 is 6.13. The maximum Gasteiger partial charge on any atom is 0.341 e. The number of carbonyl (C=O) groups excluding carboxylic acids is 1. The topological polar surface area (TPSA) is 87.3 Å². The fraction of sp³-hybridized carbons (Fsp3) is 0.214. The molecule has 0 amide bonds. The Kier molecular flexibility index (Phi) is 4.72. The zero-order valence-corrected chi connectivity index (χ0v) is 12.3. The fourth-order valence-electron chi connectivity index (χ4n) is 2.03. The van der Waals surface area contributed by atoms with E-state index in [2.05, 4.69) is 9.97 Å². The highest BCUT2D eigenvalue weighted by molar-refractivity contribution is 6.33. The van der Waals surface area contributed by atoms with Crippen LogP contribution in [0.3, 0.4) is 0 Å². The molecule has 0 bridgehead atoms. The van der Waals surface area contributed by atoms with E-state index in [4.69, 9.17) is 26.8 Å². The van der Waals surface area contributed by atoms with Crippen LogP contribution in [0.4, 0.5) is 0 Å². The summed E-state index contributed by atoms with van der Waals surface area (Å²) in [7, 11) is 2.76. The van der Waals surface area contributed by atoms with Gasteiger partial charge in [-0.2, -0.15) is 0 Å². The van der Waals surface area contributed by atoms with Crippen LogP contribution in [0.5, 0.6) is 5.75 Å². The lowest BCUT2D eigenvalue weighted by molar-refractivity contribution is 0.0601. The summed E-state index contributed by atoms with van der Waals surface area (Å²) in [5.74, 6) is -0.199. The highest BCUT2D eigenvalue weighted by Crippen LogP contribution is 2.38. The number of hydrogen-bond donors (Lipinski definition) is 1. The van der Waals surface area contributed by atoms with Gasteiger partial charge in [0.25, 0.3) is 0 Å². The molecule has 0 saturated carbocycles. The minimum Gasteiger partial charge on any atom is -0.494 e. The first kappa shape index (κ1) is 15.2. The predicted molar refractivity (Wildman–Crippen MR) is 78.3 cm³/mol. The predicted octanol–water partition coefficient (Wildman–Crippen LogP) is 2.05. The van der Waals surface area contributed by atoms with Crippen molar-refractivity contribution in [2.75, 3.05) is 14.2 Å². The molecule has 0 spiro atoms. The van der Waals surface area contributed by atoms with Gasteiger partial charge in [-0.3, -0.25) is 4.98 Å². The maximum absolute atomic E-state index is 12.0. The molecule has 0 saturated heterocycles. The van der Waals surface area contributed by atoms with Gasteiger partial charge in [0.2, 0.25) is 0 Å². The Balaban J connectivity index is 2.85. The number of rotatable bonds is 4. The van der Waals surface area contributed by atoms with Crippen LogP contribution in [-0.2, 0) is 11.3 Å². The Bertz CT molecular complexity index is 662. The number of hydrogen-bond acceptors (Lipinski definition) is 6. The first-order valence-electron chi connectivity index (χ1n) is 6.09. The molecule has 0 atom stereocenters. The summed E-state index contributed by atoms with van der Waals surface area (Å²) in [6, 6.07) is 3.47. The van der Waals surface area contributed by atoms with Crippen molar-refractivity contribution >= 4 is 17.6 Å². The molecular formula is C14H14ClN3O3. The van der Waals surface area contributed by atoms with Crippen molar-refractivity contribution in [3.63, 3.8) is 0 Å². The summed E-state index contributed by atoms with van der Waals surface area (Å²) < 4.78 is 10.2. The van der Waals surface area contributed by atoms with Gasteiger partial charge in [-0.15, -0.1) is 0 Å². The number of halogens is 1. The normalized spacial score (nSPS) is 10.3. The second-order valence-corrected chi connectivity index (χ2v) is 4.42. The molecule has 2 N–H and O–H groups in total. The van der Waals surface area contributed by atoms with E-state index in [9.17, 15) is 4.79 Å². The summed E-state index contributed by atoms with van der Waals surface area (Å²) in [4.78, 5) is 20.1.